The van der Waals surface area contributed by atoms with Gasteiger partial charge in [0, 0.05) is 24.2 Å². The molecule has 1 unspecified atom stereocenters. The number of aromatic nitrogens is 3. The molecule has 120 valence electrons. The first-order valence-electron chi connectivity index (χ1n) is 7.39. The Morgan fingerprint density at radius 1 is 1.32 bits per heavy atom. The SMILES string of the molecule is COc1ccc(-c2noc(CC3CCCNCC3)n2)cn1.Cl. The van der Waals surface area contributed by atoms with Gasteiger partial charge in [-0.15, -0.1) is 12.4 Å². The molecule has 2 aromatic rings. The number of ether oxygens (including phenoxy) is 1. The smallest absolute Gasteiger partial charge is 0.227 e. The number of methoxy groups -OCH3 is 1. The number of hydrogen-bond donors (Lipinski definition) is 1. The van der Waals surface area contributed by atoms with Gasteiger partial charge in [-0.25, -0.2) is 4.98 Å². The van der Waals surface area contributed by atoms with Gasteiger partial charge in [-0.3, -0.25) is 0 Å². The zero-order valence-electron chi connectivity index (χ0n) is 12.6. The van der Waals surface area contributed by atoms with Crippen molar-refractivity contribution in [2.45, 2.75) is 25.7 Å². The van der Waals surface area contributed by atoms with Crippen LogP contribution in [0.5, 0.6) is 5.88 Å². The minimum Gasteiger partial charge on any atom is -0.481 e. The number of nitrogens with zero attached hydrogens (tertiary/aromatic N) is 3. The number of nitrogens with one attached hydrogen (secondary N) is 1. The second kappa shape index (κ2) is 8.10. The molecule has 0 saturated carbocycles. The largest absolute Gasteiger partial charge is 0.481 e. The monoisotopic (exact) mass is 324 g/mol. The maximum Gasteiger partial charge on any atom is 0.227 e. The van der Waals surface area contributed by atoms with Crippen LogP contribution in [-0.2, 0) is 6.42 Å². The van der Waals surface area contributed by atoms with Crippen molar-refractivity contribution in [1.29, 1.82) is 0 Å². The number of rotatable bonds is 4. The zero-order valence-corrected chi connectivity index (χ0v) is 13.4. The van der Waals surface area contributed by atoms with E-state index in [0.717, 1.165) is 25.1 Å². The molecule has 1 N–H and O–H groups in total. The average molecular weight is 325 g/mol. The van der Waals surface area contributed by atoms with Crippen molar-refractivity contribution in [2.75, 3.05) is 20.2 Å². The summed E-state index contributed by atoms with van der Waals surface area (Å²) in [5.41, 5.74) is 0.841. The van der Waals surface area contributed by atoms with E-state index in [-0.39, 0.29) is 12.4 Å². The Hall–Kier alpha value is -1.66. The lowest BCUT2D eigenvalue weighted by Gasteiger charge is -2.09. The van der Waals surface area contributed by atoms with Crippen molar-refractivity contribution in [2.24, 2.45) is 5.92 Å². The molecule has 0 aliphatic carbocycles. The van der Waals surface area contributed by atoms with E-state index in [1.54, 1.807) is 19.4 Å². The summed E-state index contributed by atoms with van der Waals surface area (Å²) in [4.78, 5) is 8.64. The number of hydrogen-bond acceptors (Lipinski definition) is 6. The first-order chi connectivity index (χ1) is 10.3. The van der Waals surface area contributed by atoms with Crippen LogP contribution in [0.3, 0.4) is 0 Å². The molecule has 22 heavy (non-hydrogen) atoms. The van der Waals surface area contributed by atoms with Gasteiger partial charge in [0.1, 0.15) is 0 Å². The van der Waals surface area contributed by atoms with Crippen molar-refractivity contribution in [3.8, 4) is 17.3 Å². The molecule has 3 rings (SSSR count). The molecule has 0 spiro atoms. The highest BCUT2D eigenvalue weighted by Crippen LogP contribution is 2.21. The minimum atomic E-state index is 0. The first kappa shape index (κ1) is 16.7. The molecule has 7 heteroatoms. The molecule has 2 aromatic heterocycles. The van der Waals surface area contributed by atoms with Gasteiger partial charge in [0.25, 0.3) is 0 Å². The van der Waals surface area contributed by atoms with E-state index in [2.05, 4.69) is 20.4 Å². The molecule has 6 nitrogen and oxygen atoms in total. The standard InChI is InChI=1S/C15H20N4O2.ClH/c1-20-13-5-4-12(10-17-13)15-18-14(21-19-15)9-11-3-2-7-16-8-6-11;/h4-5,10-11,16H,2-3,6-9H2,1H3;1H. The first-order valence-corrected chi connectivity index (χ1v) is 7.39. The van der Waals surface area contributed by atoms with Gasteiger partial charge >= 0.3 is 0 Å². The number of halogens is 1. The van der Waals surface area contributed by atoms with Crippen molar-refractivity contribution >= 4 is 12.4 Å². The maximum atomic E-state index is 5.38. The van der Waals surface area contributed by atoms with E-state index < -0.39 is 0 Å². The molecule has 0 radical (unpaired) electrons. The third kappa shape index (κ3) is 4.18. The number of pyridine rings is 1. The van der Waals surface area contributed by atoms with Crippen LogP contribution in [-0.4, -0.2) is 35.3 Å². The van der Waals surface area contributed by atoms with Gasteiger partial charge in [0.05, 0.1) is 7.11 Å². The lowest BCUT2D eigenvalue weighted by Crippen LogP contribution is -2.14. The van der Waals surface area contributed by atoms with Crippen LogP contribution in [0.25, 0.3) is 11.4 Å². The fourth-order valence-corrected chi connectivity index (χ4v) is 2.63. The third-order valence-corrected chi connectivity index (χ3v) is 3.83. The van der Waals surface area contributed by atoms with E-state index in [1.165, 1.54) is 19.3 Å². The summed E-state index contributed by atoms with van der Waals surface area (Å²) < 4.78 is 10.4. The summed E-state index contributed by atoms with van der Waals surface area (Å²) in [5, 5.41) is 7.47. The molecule has 0 amide bonds. The quantitative estimate of drug-likeness (QED) is 0.931. The van der Waals surface area contributed by atoms with E-state index in [4.69, 9.17) is 9.26 Å². The van der Waals surface area contributed by atoms with Crippen molar-refractivity contribution in [1.82, 2.24) is 20.4 Å². The van der Waals surface area contributed by atoms with Crippen molar-refractivity contribution < 1.29 is 9.26 Å². The van der Waals surface area contributed by atoms with E-state index in [0.29, 0.717) is 23.5 Å². The summed E-state index contributed by atoms with van der Waals surface area (Å²) in [6, 6.07) is 3.68. The zero-order chi connectivity index (χ0) is 14.5. The lowest BCUT2D eigenvalue weighted by atomic mass is 9.97. The normalized spacial score (nSPS) is 18.3. The van der Waals surface area contributed by atoms with Crippen LogP contribution < -0.4 is 10.1 Å². The van der Waals surface area contributed by atoms with E-state index in [1.807, 2.05) is 6.07 Å². The predicted molar refractivity (Wildman–Crippen MR) is 85.2 cm³/mol. The fourth-order valence-electron chi connectivity index (χ4n) is 2.63. The van der Waals surface area contributed by atoms with E-state index >= 15 is 0 Å². The van der Waals surface area contributed by atoms with E-state index in [9.17, 15) is 0 Å². The summed E-state index contributed by atoms with van der Waals surface area (Å²) >= 11 is 0. The van der Waals surface area contributed by atoms with Crippen LogP contribution in [0, 0.1) is 5.92 Å². The topological polar surface area (TPSA) is 73.1 Å². The molecule has 3 heterocycles. The molecule has 1 atom stereocenters. The van der Waals surface area contributed by atoms with Gasteiger partial charge in [-0.2, -0.15) is 4.98 Å². The van der Waals surface area contributed by atoms with Gasteiger partial charge in [0.15, 0.2) is 0 Å². The van der Waals surface area contributed by atoms with Crippen LogP contribution in [0.4, 0.5) is 0 Å². The molecule has 1 aliphatic rings. The Bertz CT molecular complexity index is 565. The van der Waals surface area contributed by atoms with Crippen molar-refractivity contribution in [3.63, 3.8) is 0 Å². The van der Waals surface area contributed by atoms with Gasteiger partial charge in [0.2, 0.25) is 17.6 Å². The van der Waals surface area contributed by atoms with Gasteiger partial charge in [-0.1, -0.05) is 5.16 Å². The maximum absolute atomic E-state index is 5.38. The van der Waals surface area contributed by atoms with Crippen molar-refractivity contribution in [3.05, 3.63) is 24.2 Å². The predicted octanol–water partition coefficient (Wildman–Crippen LogP) is 2.49. The second-order valence-electron chi connectivity index (χ2n) is 5.35. The molecular formula is C15H21ClN4O2. The summed E-state index contributed by atoms with van der Waals surface area (Å²) in [7, 11) is 1.59. The van der Waals surface area contributed by atoms with Crippen LogP contribution in [0.2, 0.25) is 0 Å². The second-order valence-corrected chi connectivity index (χ2v) is 5.35. The summed E-state index contributed by atoms with van der Waals surface area (Å²) in [6.45, 7) is 2.19. The van der Waals surface area contributed by atoms with Crippen LogP contribution in [0.15, 0.2) is 22.9 Å². The molecule has 1 aliphatic heterocycles. The summed E-state index contributed by atoms with van der Waals surface area (Å²) in [5.74, 6) is 2.51. The Morgan fingerprint density at radius 2 is 2.23 bits per heavy atom. The molecule has 0 bridgehead atoms. The Labute approximate surface area is 136 Å². The minimum absolute atomic E-state index is 0. The highest BCUT2D eigenvalue weighted by atomic mass is 35.5. The summed E-state index contributed by atoms with van der Waals surface area (Å²) in [6.07, 6.45) is 6.16. The van der Waals surface area contributed by atoms with Crippen LogP contribution in [0.1, 0.15) is 25.2 Å². The van der Waals surface area contributed by atoms with Gasteiger partial charge in [-0.05, 0) is 44.3 Å². The average Bonchev–Trinajstić information content (AvgIpc) is 2.83. The highest BCUT2D eigenvalue weighted by Gasteiger charge is 2.17. The molecule has 0 aromatic carbocycles. The Kier molecular flexibility index (Phi) is 6.15. The highest BCUT2D eigenvalue weighted by molar-refractivity contribution is 5.85. The fraction of sp³-hybridized carbons (Fsp3) is 0.533. The Balaban J connectivity index is 0.00000176. The Morgan fingerprint density at radius 3 is 3.00 bits per heavy atom. The molecular weight excluding hydrogens is 304 g/mol. The van der Waals surface area contributed by atoms with Gasteiger partial charge < -0.3 is 14.6 Å². The van der Waals surface area contributed by atoms with Crippen LogP contribution >= 0.6 is 12.4 Å². The lowest BCUT2D eigenvalue weighted by molar-refractivity contribution is 0.341. The molecule has 1 fully saturated rings. The third-order valence-electron chi connectivity index (χ3n) is 3.83. The molecule has 1 saturated heterocycles.